The summed E-state index contributed by atoms with van der Waals surface area (Å²) in [6.45, 7) is 3.63. The van der Waals surface area contributed by atoms with Crippen molar-refractivity contribution in [3.8, 4) is 12.3 Å². The molecule has 0 unspecified atom stereocenters. The molecule has 1 rings (SSSR count). The number of sulfonamides is 1. The third kappa shape index (κ3) is 3.09. The molecular weight excluding hydrogens is 253 g/mol. The lowest BCUT2D eigenvalue weighted by molar-refractivity contribution is 0.451. The summed E-state index contributed by atoms with van der Waals surface area (Å²) in [5, 5.41) is 0. The first-order valence-corrected chi connectivity index (χ1v) is 7.15. The molecule has 0 aliphatic rings. The van der Waals surface area contributed by atoms with Crippen LogP contribution in [0.25, 0.3) is 0 Å². The fourth-order valence-corrected chi connectivity index (χ4v) is 3.03. The highest BCUT2D eigenvalue weighted by Gasteiger charge is 2.29. The van der Waals surface area contributed by atoms with E-state index in [1.165, 1.54) is 12.1 Å². The van der Waals surface area contributed by atoms with Crippen LogP contribution in [-0.2, 0) is 10.0 Å². The van der Waals surface area contributed by atoms with E-state index in [1.807, 2.05) is 13.8 Å². The summed E-state index contributed by atoms with van der Waals surface area (Å²) in [5.74, 6) is 2.00. The van der Waals surface area contributed by atoms with Crippen molar-refractivity contribution in [2.45, 2.75) is 37.1 Å². The number of benzene rings is 1. The molecule has 0 saturated carbocycles. The summed E-state index contributed by atoms with van der Waals surface area (Å²) < 4.78 is 39.5. The largest absolute Gasteiger partial charge is 0.241 e. The van der Waals surface area contributed by atoms with Gasteiger partial charge in [0.25, 0.3) is 0 Å². The predicted octanol–water partition coefficient (Wildman–Crippen LogP) is 2.30. The Balaban J connectivity index is 3.09. The van der Waals surface area contributed by atoms with Gasteiger partial charge in [-0.3, -0.25) is 0 Å². The van der Waals surface area contributed by atoms with Gasteiger partial charge in [-0.1, -0.05) is 19.8 Å². The quantitative estimate of drug-likeness (QED) is 0.834. The van der Waals surface area contributed by atoms with Crippen LogP contribution in [0.4, 0.5) is 4.39 Å². The number of hydrogen-bond acceptors (Lipinski definition) is 2. The van der Waals surface area contributed by atoms with E-state index in [-0.39, 0.29) is 4.90 Å². The van der Waals surface area contributed by atoms with Crippen molar-refractivity contribution < 1.29 is 12.8 Å². The summed E-state index contributed by atoms with van der Waals surface area (Å²) >= 11 is 0. The molecule has 1 N–H and O–H groups in total. The molecule has 98 valence electrons. The minimum Gasteiger partial charge on any atom is -0.207 e. The minimum atomic E-state index is -3.73. The molecule has 5 heteroatoms. The molecule has 3 nitrogen and oxygen atoms in total. The molecule has 0 spiro atoms. The molecule has 0 aliphatic heterocycles. The SMILES string of the molecule is C#CC(CC)(CC)NS(=O)(=O)c1ccc(F)cc1. The predicted molar refractivity (Wildman–Crippen MR) is 68.9 cm³/mol. The molecule has 0 fully saturated rings. The second-order valence-corrected chi connectivity index (χ2v) is 5.68. The molecule has 0 bridgehead atoms. The van der Waals surface area contributed by atoms with E-state index in [9.17, 15) is 12.8 Å². The van der Waals surface area contributed by atoms with Gasteiger partial charge in [0.1, 0.15) is 5.82 Å². The van der Waals surface area contributed by atoms with E-state index in [0.717, 1.165) is 12.1 Å². The lowest BCUT2D eigenvalue weighted by Gasteiger charge is -2.26. The van der Waals surface area contributed by atoms with Crippen molar-refractivity contribution in [2.24, 2.45) is 0 Å². The van der Waals surface area contributed by atoms with Gasteiger partial charge in [-0.25, -0.2) is 12.8 Å². The molecule has 0 radical (unpaired) electrons. The first-order valence-electron chi connectivity index (χ1n) is 5.66. The van der Waals surface area contributed by atoms with Crippen LogP contribution in [0.2, 0.25) is 0 Å². The van der Waals surface area contributed by atoms with Crippen molar-refractivity contribution >= 4 is 10.0 Å². The lowest BCUT2D eigenvalue weighted by Crippen LogP contribution is -2.46. The van der Waals surface area contributed by atoms with Crippen LogP contribution in [0.15, 0.2) is 29.2 Å². The summed E-state index contributed by atoms with van der Waals surface area (Å²) in [6, 6.07) is 4.63. The molecule has 1 aromatic rings. The average molecular weight is 269 g/mol. The molecule has 0 saturated heterocycles. The molecule has 18 heavy (non-hydrogen) atoms. The van der Waals surface area contributed by atoms with Crippen molar-refractivity contribution in [3.05, 3.63) is 30.1 Å². The van der Waals surface area contributed by atoms with Crippen LogP contribution in [0.3, 0.4) is 0 Å². The topological polar surface area (TPSA) is 46.2 Å². The van der Waals surface area contributed by atoms with Crippen molar-refractivity contribution in [3.63, 3.8) is 0 Å². The Kier molecular flexibility index (Phi) is 4.49. The fraction of sp³-hybridized carbons (Fsp3) is 0.385. The van der Waals surface area contributed by atoms with Gasteiger partial charge in [-0.2, -0.15) is 4.72 Å². The van der Waals surface area contributed by atoms with Crippen molar-refractivity contribution in [1.82, 2.24) is 4.72 Å². The molecule has 0 atom stereocenters. The van der Waals surface area contributed by atoms with Crippen LogP contribution in [0, 0.1) is 18.2 Å². The Morgan fingerprint density at radius 3 is 2.17 bits per heavy atom. The van der Waals surface area contributed by atoms with Gasteiger partial charge >= 0.3 is 0 Å². The van der Waals surface area contributed by atoms with Crippen molar-refractivity contribution in [2.75, 3.05) is 0 Å². The first-order chi connectivity index (χ1) is 8.39. The minimum absolute atomic E-state index is 0.00502. The standard InChI is InChI=1S/C13H16FNO2S/c1-4-13(5-2,6-3)15-18(16,17)12-9-7-11(14)8-10-12/h1,7-10,15H,5-6H2,2-3H3. The summed E-state index contributed by atoms with van der Waals surface area (Å²) in [4.78, 5) is 0.00502. The van der Waals surface area contributed by atoms with Gasteiger partial charge in [-0.15, -0.1) is 6.42 Å². The zero-order valence-corrected chi connectivity index (χ0v) is 11.2. The maximum Gasteiger partial charge on any atom is 0.241 e. The number of halogens is 1. The van der Waals surface area contributed by atoms with Crippen LogP contribution in [0.1, 0.15) is 26.7 Å². The van der Waals surface area contributed by atoms with Gasteiger partial charge < -0.3 is 0 Å². The monoisotopic (exact) mass is 269 g/mol. The van der Waals surface area contributed by atoms with E-state index in [1.54, 1.807) is 0 Å². The third-order valence-corrected chi connectivity index (χ3v) is 4.49. The van der Waals surface area contributed by atoms with E-state index < -0.39 is 21.4 Å². The Bertz CT molecular complexity index is 539. The Hall–Kier alpha value is -1.38. The number of terminal acetylenes is 1. The number of nitrogens with one attached hydrogen (secondary N) is 1. The fourth-order valence-electron chi connectivity index (χ4n) is 1.56. The molecular formula is C13H16FNO2S. The van der Waals surface area contributed by atoms with Crippen LogP contribution in [-0.4, -0.2) is 14.0 Å². The summed E-state index contributed by atoms with van der Waals surface area (Å²) in [7, 11) is -3.73. The van der Waals surface area contributed by atoms with E-state index in [2.05, 4.69) is 10.6 Å². The van der Waals surface area contributed by atoms with E-state index >= 15 is 0 Å². The maximum atomic E-state index is 12.8. The highest BCUT2D eigenvalue weighted by atomic mass is 32.2. The van der Waals surface area contributed by atoms with Gasteiger partial charge in [0.15, 0.2) is 0 Å². The lowest BCUT2D eigenvalue weighted by atomic mass is 9.96. The first kappa shape index (κ1) is 14.7. The normalized spacial score (nSPS) is 12.1. The molecule has 0 amide bonds. The number of hydrogen-bond donors (Lipinski definition) is 1. The highest BCUT2D eigenvalue weighted by molar-refractivity contribution is 7.89. The van der Waals surface area contributed by atoms with E-state index in [0.29, 0.717) is 12.8 Å². The Morgan fingerprint density at radius 1 is 1.28 bits per heavy atom. The van der Waals surface area contributed by atoms with Crippen molar-refractivity contribution in [1.29, 1.82) is 0 Å². The van der Waals surface area contributed by atoms with Crippen LogP contribution in [0.5, 0.6) is 0 Å². The highest BCUT2D eigenvalue weighted by Crippen LogP contribution is 2.19. The zero-order chi connectivity index (χ0) is 13.8. The zero-order valence-electron chi connectivity index (χ0n) is 10.4. The summed E-state index contributed by atoms with van der Waals surface area (Å²) in [5.41, 5.74) is -0.896. The van der Waals surface area contributed by atoms with Gasteiger partial charge in [0.05, 0.1) is 10.4 Å². The second kappa shape index (κ2) is 5.51. The molecule has 1 aromatic carbocycles. The summed E-state index contributed by atoms with van der Waals surface area (Å²) in [6.07, 6.45) is 6.37. The van der Waals surface area contributed by atoms with E-state index in [4.69, 9.17) is 6.42 Å². The Labute approximate surface area is 107 Å². The third-order valence-electron chi connectivity index (χ3n) is 2.94. The van der Waals surface area contributed by atoms with Crippen LogP contribution < -0.4 is 4.72 Å². The number of rotatable bonds is 5. The maximum absolute atomic E-state index is 12.8. The van der Waals surface area contributed by atoms with Gasteiger partial charge in [-0.05, 0) is 37.1 Å². The van der Waals surface area contributed by atoms with Gasteiger partial charge in [0, 0.05) is 0 Å². The Morgan fingerprint density at radius 2 is 1.78 bits per heavy atom. The average Bonchev–Trinajstić information content (AvgIpc) is 2.37. The van der Waals surface area contributed by atoms with Gasteiger partial charge in [0.2, 0.25) is 10.0 Å². The molecule has 0 aromatic heterocycles. The smallest absolute Gasteiger partial charge is 0.207 e. The second-order valence-electron chi connectivity index (χ2n) is 3.99. The van der Waals surface area contributed by atoms with Crippen LogP contribution >= 0.6 is 0 Å². The molecule has 0 heterocycles. The molecule has 0 aliphatic carbocycles.